The molecule has 0 aliphatic carbocycles. The number of rotatable bonds is 3. The van der Waals surface area contributed by atoms with E-state index in [4.69, 9.17) is 11.6 Å². The van der Waals surface area contributed by atoms with Crippen LogP contribution >= 0.6 is 11.6 Å². The molecule has 0 aliphatic rings. The molecule has 0 aliphatic heterocycles. The second kappa shape index (κ2) is 5.85. The molecule has 2 rings (SSSR count). The summed E-state index contributed by atoms with van der Waals surface area (Å²) in [4.78, 5) is 16.1. The van der Waals surface area contributed by atoms with Crippen molar-refractivity contribution in [1.29, 1.82) is 0 Å². The lowest BCUT2D eigenvalue weighted by molar-refractivity contribution is 0.102. The molecule has 1 aromatic carbocycles. The van der Waals surface area contributed by atoms with Gasteiger partial charge in [0.1, 0.15) is 0 Å². The first-order valence-electron chi connectivity index (χ1n) is 6.12. The molecule has 2 aromatic rings. The lowest BCUT2D eigenvalue weighted by Gasteiger charge is -2.08. The molecular weight excluding hydrogens is 260 g/mol. The van der Waals surface area contributed by atoms with E-state index in [1.54, 1.807) is 12.3 Å². The van der Waals surface area contributed by atoms with E-state index < -0.39 is 0 Å². The summed E-state index contributed by atoms with van der Waals surface area (Å²) in [5.41, 5.74) is 3.29. The fourth-order valence-electron chi connectivity index (χ4n) is 1.73. The first-order valence-corrected chi connectivity index (χ1v) is 6.50. The zero-order valence-corrected chi connectivity index (χ0v) is 11.7. The van der Waals surface area contributed by atoms with E-state index in [2.05, 4.69) is 17.2 Å². The van der Waals surface area contributed by atoms with Gasteiger partial charge in [0.05, 0.1) is 5.69 Å². The van der Waals surface area contributed by atoms with E-state index in [-0.39, 0.29) is 5.91 Å². The van der Waals surface area contributed by atoms with Gasteiger partial charge in [-0.15, -0.1) is 0 Å². The molecular formula is C15H15ClN2O. The highest BCUT2D eigenvalue weighted by Gasteiger charge is 2.09. The van der Waals surface area contributed by atoms with Gasteiger partial charge >= 0.3 is 0 Å². The van der Waals surface area contributed by atoms with Gasteiger partial charge in [0.2, 0.25) is 0 Å². The first kappa shape index (κ1) is 13.6. The molecule has 0 fully saturated rings. The van der Waals surface area contributed by atoms with Gasteiger partial charge in [-0.2, -0.15) is 0 Å². The van der Waals surface area contributed by atoms with Crippen molar-refractivity contribution in [1.82, 2.24) is 4.98 Å². The monoisotopic (exact) mass is 274 g/mol. The van der Waals surface area contributed by atoms with E-state index in [0.29, 0.717) is 16.4 Å². The van der Waals surface area contributed by atoms with Crippen LogP contribution in [-0.4, -0.2) is 10.9 Å². The second-order valence-electron chi connectivity index (χ2n) is 4.36. The fourth-order valence-corrected chi connectivity index (χ4v) is 1.88. The van der Waals surface area contributed by atoms with Crippen LogP contribution in [0.5, 0.6) is 0 Å². The van der Waals surface area contributed by atoms with Crippen LogP contribution in [0.1, 0.15) is 28.4 Å². The Morgan fingerprint density at radius 3 is 2.63 bits per heavy atom. The van der Waals surface area contributed by atoms with Crippen molar-refractivity contribution in [3.05, 3.63) is 58.4 Å². The van der Waals surface area contributed by atoms with Gasteiger partial charge in [0, 0.05) is 11.8 Å². The van der Waals surface area contributed by atoms with Crippen molar-refractivity contribution in [2.45, 2.75) is 20.3 Å². The van der Waals surface area contributed by atoms with Crippen molar-refractivity contribution in [2.75, 3.05) is 5.32 Å². The molecule has 0 spiro atoms. The number of carbonyl (C=O) groups is 1. The smallest absolute Gasteiger partial charge is 0.255 e. The number of pyridine rings is 1. The normalized spacial score (nSPS) is 10.3. The summed E-state index contributed by atoms with van der Waals surface area (Å²) >= 11 is 5.95. The third kappa shape index (κ3) is 3.32. The quantitative estimate of drug-likeness (QED) is 0.864. The Morgan fingerprint density at radius 2 is 2.00 bits per heavy atom. The molecule has 0 saturated heterocycles. The Morgan fingerprint density at radius 1 is 1.32 bits per heavy atom. The minimum Gasteiger partial charge on any atom is -0.319 e. The highest BCUT2D eigenvalue weighted by molar-refractivity contribution is 6.32. The summed E-state index contributed by atoms with van der Waals surface area (Å²) in [7, 11) is 0. The van der Waals surface area contributed by atoms with Gasteiger partial charge in [-0.3, -0.25) is 4.79 Å². The zero-order chi connectivity index (χ0) is 13.8. The van der Waals surface area contributed by atoms with E-state index in [0.717, 1.165) is 12.0 Å². The molecule has 1 N–H and O–H groups in total. The molecule has 4 heteroatoms. The van der Waals surface area contributed by atoms with E-state index in [9.17, 15) is 4.79 Å². The lowest BCUT2D eigenvalue weighted by atomic mass is 10.1. The van der Waals surface area contributed by atoms with Gasteiger partial charge in [0.15, 0.2) is 5.15 Å². The molecule has 0 atom stereocenters. The number of nitrogens with one attached hydrogen (secondary N) is 1. The number of aromatic nitrogens is 1. The van der Waals surface area contributed by atoms with Crippen molar-refractivity contribution >= 4 is 23.2 Å². The van der Waals surface area contributed by atoms with E-state index >= 15 is 0 Å². The Bertz CT molecular complexity index is 594. The number of anilines is 1. The molecule has 19 heavy (non-hydrogen) atoms. The Balaban J connectivity index is 2.18. The first-order chi connectivity index (χ1) is 9.10. The summed E-state index contributed by atoms with van der Waals surface area (Å²) in [6, 6.07) is 9.32. The van der Waals surface area contributed by atoms with Crippen LogP contribution < -0.4 is 5.32 Å². The van der Waals surface area contributed by atoms with Gasteiger partial charge in [-0.1, -0.05) is 30.7 Å². The van der Waals surface area contributed by atoms with Crippen LogP contribution in [-0.2, 0) is 6.42 Å². The molecule has 3 nitrogen and oxygen atoms in total. The third-order valence-corrected chi connectivity index (χ3v) is 3.15. The van der Waals surface area contributed by atoms with Crippen molar-refractivity contribution in [3.8, 4) is 0 Å². The third-order valence-electron chi connectivity index (χ3n) is 2.85. The molecule has 1 aromatic heterocycles. The van der Waals surface area contributed by atoms with Gasteiger partial charge in [-0.05, 0) is 42.7 Å². The zero-order valence-electron chi connectivity index (χ0n) is 10.9. The summed E-state index contributed by atoms with van der Waals surface area (Å²) in [5, 5.41) is 3.07. The molecule has 0 radical (unpaired) electrons. The Kier molecular flexibility index (Phi) is 4.17. The molecule has 0 saturated carbocycles. The molecule has 1 amide bonds. The fraction of sp³-hybridized carbons (Fsp3) is 0.200. The molecule has 98 valence electrons. The predicted octanol–water partition coefficient (Wildman–Crippen LogP) is 3.86. The Hall–Kier alpha value is -1.87. The van der Waals surface area contributed by atoms with Crippen LogP contribution in [0.15, 0.2) is 36.5 Å². The number of amides is 1. The predicted molar refractivity (Wildman–Crippen MR) is 77.8 cm³/mol. The number of carbonyl (C=O) groups excluding carboxylic acids is 1. The van der Waals surface area contributed by atoms with Gasteiger partial charge in [0.25, 0.3) is 5.91 Å². The largest absolute Gasteiger partial charge is 0.319 e. The summed E-state index contributed by atoms with van der Waals surface area (Å²) in [6.45, 7) is 3.97. The van der Waals surface area contributed by atoms with E-state index in [1.165, 1.54) is 5.56 Å². The van der Waals surface area contributed by atoms with Crippen molar-refractivity contribution in [3.63, 3.8) is 0 Å². The topological polar surface area (TPSA) is 42.0 Å². The maximum Gasteiger partial charge on any atom is 0.255 e. The summed E-state index contributed by atoms with van der Waals surface area (Å²) in [5.74, 6) is -0.183. The van der Waals surface area contributed by atoms with Crippen molar-refractivity contribution in [2.24, 2.45) is 0 Å². The maximum atomic E-state index is 12.1. The average molecular weight is 275 g/mol. The summed E-state index contributed by atoms with van der Waals surface area (Å²) < 4.78 is 0. The highest BCUT2D eigenvalue weighted by atomic mass is 35.5. The number of aryl methyl sites for hydroxylation is 2. The number of halogens is 1. The highest BCUT2D eigenvalue weighted by Crippen LogP contribution is 2.20. The number of benzene rings is 1. The SMILES string of the molecule is CCc1ccc(C(=O)Nc2cc(C)cnc2Cl)cc1. The molecule has 1 heterocycles. The van der Waals surface area contributed by atoms with Gasteiger partial charge < -0.3 is 5.32 Å². The number of hydrogen-bond acceptors (Lipinski definition) is 2. The molecule has 0 unspecified atom stereocenters. The lowest BCUT2D eigenvalue weighted by Crippen LogP contribution is -2.12. The second-order valence-corrected chi connectivity index (χ2v) is 4.71. The number of nitrogens with zero attached hydrogens (tertiary/aromatic N) is 1. The number of hydrogen-bond donors (Lipinski definition) is 1. The van der Waals surface area contributed by atoms with Crippen LogP contribution in [0, 0.1) is 6.92 Å². The van der Waals surface area contributed by atoms with Crippen LogP contribution in [0.4, 0.5) is 5.69 Å². The van der Waals surface area contributed by atoms with Crippen LogP contribution in [0.3, 0.4) is 0 Å². The van der Waals surface area contributed by atoms with Gasteiger partial charge in [-0.25, -0.2) is 4.98 Å². The van der Waals surface area contributed by atoms with Crippen LogP contribution in [0.2, 0.25) is 5.15 Å². The van der Waals surface area contributed by atoms with E-state index in [1.807, 2.05) is 31.2 Å². The maximum absolute atomic E-state index is 12.1. The Labute approximate surface area is 117 Å². The van der Waals surface area contributed by atoms with Crippen LogP contribution in [0.25, 0.3) is 0 Å². The average Bonchev–Trinajstić information content (AvgIpc) is 2.43. The summed E-state index contributed by atoms with van der Waals surface area (Å²) in [6.07, 6.45) is 2.61. The minimum absolute atomic E-state index is 0.183. The standard InChI is InChI=1S/C15H15ClN2O/c1-3-11-4-6-12(7-5-11)15(19)18-13-8-10(2)9-17-14(13)16/h4-9H,3H2,1-2H3,(H,18,19). The molecule has 0 bridgehead atoms. The van der Waals surface area contributed by atoms with Crippen molar-refractivity contribution < 1.29 is 4.79 Å². The minimum atomic E-state index is -0.183.